The first-order chi connectivity index (χ1) is 9.92. The van der Waals surface area contributed by atoms with Crippen LogP contribution < -0.4 is 15.8 Å². The fourth-order valence-corrected chi connectivity index (χ4v) is 4.62. The third-order valence-corrected chi connectivity index (χ3v) is 6.68. The third-order valence-electron chi connectivity index (χ3n) is 3.69. The molecule has 118 valence electrons. The summed E-state index contributed by atoms with van der Waals surface area (Å²) in [5, 5.41) is 2.87. The Kier molecular flexibility index (Phi) is 5.37. The van der Waals surface area contributed by atoms with Crippen LogP contribution in [-0.2, 0) is 21.4 Å². The van der Waals surface area contributed by atoms with Crippen molar-refractivity contribution in [2.75, 3.05) is 7.05 Å². The zero-order valence-corrected chi connectivity index (χ0v) is 13.6. The normalized spacial score (nSPS) is 23.0. The average molecular weight is 331 g/mol. The number of thiophene rings is 1. The highest BCUT2D eigenvalue weighted by atomic mass is 32.2. The topological polar surface area (TPSA) is 101 Å². The molecule has 21 heavy (non-hydrogen) atoms. The van der Waals surface area contributed by atoms with Gasteiger partial charge in [0, 0.05) is 16.8 Å². The lowest BCUT2D eigenvalue weighted by Gasteiger charge is -2.25. The molecule has 1 aliphatic carbocycles. The minimum absolute atomic E-state index is 0.0107. The third kappa shape index (κ3) is 4.26. The van der Waals surface area contributed by atoms with E-state index in [0.717, 1.165) is 41.9 Å². The van der Waals surface area contributed by atoms with E-state index in [2.05, 4.69) is 10.0 Å². The van der Waals surface area contributed by atoms with Gasteiger partial charge in [0.15, 0.2) is 0 Å². The highest BCUT2D eigenvalue weighted by molar-refractivity contribution is 7.91. The molecule has 0 saturated heterocycles. The molecule has 1 aromatic rings. The van der Waals surface area contributed by atoms with E-state index in [1.165, 1.54) is 7.05 Å². The van der Waals surface area contributed by atoms with Gasteiger partial charge in [-0.3, -0.25) is 4.79 Å². The lowest BCUT2D eigenvalue weighted by Crippen LogP contribution is -2.37. The molecule has 8 heteroatoms. The van der Waals surface area contributed by atoms with Crippen LogP contribution in [0.15, 0.2) is 16.3 Å². The molecule has 1 heterocycles. The van der Waals surface area contributed by atoms with Crippen LogP contribution in [0.2, 0.25) is 0 Å². The molecule has 2 rings (SSSR count). The van der Waals surface area contributed by atoms with Crippen molar-refractivity contribution in [3.63, 3.8) is 0 Å². The number of carbonyl (C=O) groups is 1. The number of nitrogens with two attached hydrogens (primary N) is 1. The molecule has 2 atom stereocenters. The van der Waals surface area contributed by atoms with Gasteiger partial charge in [0.2, 0.25) is 15.9 Å². The van der Waals surface area contributed by atoms with Gasteiger partial charge in [-0.15, -0.1) is 11.3 Å². The Morgan fingerprint density at radius 2 is 2.19 bits per heavy atom. The first kappa shape index (κ1) is 16.4. The summed E-state index contributed by atoms with van der Waals surface area (Å²) < 4.78 is 25.8. The highest BCUT2D eigenvalue weighted by Gasteiger charge is 2.25. The quantitative estimate of drug-likeness (QED) is 0.742. The highest BCUT2D eigenvalue weighted by Crippen LogP contribution is 2.24. The predicted molar refractivity (Wildman–Crippen MR) is 82.3 cm³/mol. The van der Waals surface area contributed by atoms with E-state index in [0.29, 0.717) is 6.54 Å². The number of hydrogen-bond acceptors (Lipinski definition) is 5. The molecule has 2 unspecified atom stereocenters. The molecule has 0 aromatic carbocycles. The van der Waals surface area contributed by atoms with Crippen molar-refractivity contribution in [2.24, 2.45) is 11.7 Å². The fraction of sp³-hybridized carbons (Fsp3) is 0.615. The number of nitrogens with one attached hydrogen (secondary N) is 2. The van der Waals surface area contributed by atoms with Crippen LogP contribution >= 0.6 is 11.3 Å². The summed E-state index contributed by atoms with van der Waals surface area (Å²) in [6, 6.07) is 3.39. The number of carbonyl (C=O) groups excluding carboxylic acids is 1. The van der Waals surface area contributed by atoms with Gasteiger partial charge < -0.3 is 11.1 Å². The molecular formula is C13H21N3O3S2. The van der Waals surface area contributed by atoms with Gasteiger partial charge in [0.1, 0.15) is 4.21 Å². The molecule has 4 N–H and O–H groups in total. The Morgan fingerprint density at radius 3 is 2.86 bits per heavy atom. The van der Waals surface area contributed by atoms with Crippen LogP contribution in [0, 0.1) is 5.92 Å². The molecule has 0 bridgehead atoms. The first-order valence-corrected chi connectivity index (χ1v) is 9.28. The maximum Gasteiger partial charge on any atom is 0.249 e. The van der Waals surface area contributed by atoms with Crippen LogP contribution in [0.25, 0.3) is 0 Å². The second-order valence-corrected chi connectivity index (χ2v) is 8.55. The van der Waals surface area contributed by atoms with Crippen molar-refractivity contribution in [2.45, 2.75) is 42.5 Å². The van der Waals surface area contributed by atoms with Crippen LogP contribution in [0.3, 0.4) is 0 Å². The summed E-state index contributed by atoms with van der Waals surface area (Å²) in [5.41, 5.74) is 5.89. The molecule has 1 aliphatic rings. The number of sulfonamides is 1. The zero-order valence-electron chi connectivity index (χ0n) is 12.0. The van der Waals surface area contributed by atoms with Crippen LogP contribution in [0.5, 0.6) is 0 Å². The van der Waals surface area contributed by atoms with Crippen molar-refractivity contribution in [3.05, 3.63) is 17.0 Å². The van der Waals surface area contributed by atoms with Gasteiger partial charge in [-0.1, -0.05) is 6.42 Å². The van der Waals surface area contributed by atoms with Gasteiger partial charge in [-0.25, -0.2) is 13.1 Å². The van der Waals surface area contributed by atoms with E-state index in [4.69, 9.17) is 5.73 Å². The van der Waals surface area contributed by atoms with Gasteiger partial charge in [0.25, 0.3) is 0 Å². The van der Waals surface area contributed by atoms with Crippen molar-refractivity contribution in [1.29, 1.82) is 0 Å². The van der Waals surface area contributed by atoms with Crippen molar-refractivity contribution < 1.29 is 13.2 Å². The second kappa shape index (κ2) is 6.87. The lowest BCUT2D eigenvalue weighted by atomic mass is 9.85. The Morgan fingerprint density at radius 1 is 1.43 bits per heavy atom. The van der Waals surface area contributed by atoms with E-state index >= 15 is 0 Å². The van der Waals surface area contributed by atoms with Crippen molar-refractivity contribution in [3.8, 4) is 0 Å². The summed E-state index contributed by atoms with van der Waals surface area (Å²) in [5.74, 6) is -0.00852. The molecular weight excluding hydrogens is 310 g/mol. The summed E-state index contributed by atoms with van der Waals surface area (Å²) in [4.78, 5) is 12.9. The number of hydrogen-bond donors (Lipinski definition) is 3. The summed E-state index contributed by atoms with van der Waals surface area (Å²) >= 11 is 1.16. The van der Waals surface area contributed by atoms with E-state index < -0.39 is 10.0 Å². The Labute approximate surface area is 129 Å². The maximum atomic E-state index is 12.1. The fourth-order valence-electron chi connectivity index (χ4n) is 2.48. The molecule has 0 radical (unpaired) electrons. The van der Waals surface area contributed by atoms with Gasteiger partial charge in [0.05, 0.1) is 6.54 Å². The standard InChI is InChI=1S/C13H21N3O3S2/c1-15-21(18,19)12-6-5-11(20-12)8-16-13(17)9-3-2-4-10(14)7-9/h5-6,9-10,15H,2-4,7-8,14H2,1H3,(H,16,17). The van der Waals surface area contributed by atoms with Crippen molar-refractivity contribution >= 4 is 27.3 Å². The van der Waals surface area contributed by atoms with Crippen LogP contribution in [-0.4, -0.2) is 27.4 Å². The van der Waals surface area contributed by atoms with Gasteiger partial charge in [-0.05, 0) is 38.4 Å². The Hall–Kier alpha value is -0.960. The Balaban J connectivity index is 1.90. The van der Waals surface area contributed by atoms with Crippen LogP contribution in [0.4, 0.5) is 0 Å². The molecule has 1 aromatic heterocycles. The molecule has 0 spiro atoms. The van der Waals surface area contributed by atoms with Crippen LogP contribution in [0.1, 0.15) is 30.6 Å². The minimum Gasteiger partial charge on any atom is -0.351 e. The monoisotopic (exact) mass is 331 g/mol. The number of amides is 1. The summed E-state index contributed by atoms with van der Waals surface area (Å²) in [6.45, 7) is 0.356. The smallest absolute Gasteiger partial charge is 0.249 e. The molecule has 1 amide bonds. The van der Waals surface area contributed by atoms with E-state index in [1.807, 2.05) is 0 Å². The zero-order chi connectivity index (χ0) is 15.5. The maximum absolute atomic E-state index is 12.1. The average Bonchev–Trinajstić information content (AvgIpc) is 2.94. The molecule has 1 fully saturated rings. The molecule has 1 saturated carbocycles. The predicted octanol–water partition coefficient (Wildman–Crippen LogP) is 0.790. The second-order valence-electron chi connectivity index (χ2n) is 5.27. The summed E-state index contributed by atoms with van der Waals surface area (Å²) in [6.07, 6.45) is 3.59. The summed E-state index contributed by atoms with van der Waals surface area (Å²) in [7, 11) is -2.03. The van der Waals surface area contributed by atoms with Gasteiger partial charge in [-0.2, -0.15) is 0 Å². The van der Waals surface area contributed by atoms with E-state index in [-0.39, 0.29) is 22.1 Å². The van der Waals surface area contributed by atoms with E-state index in [1.54, 1.807) is 12.1 Å². The SMILES string of the molecule is CNS(=O)(=O)c1ccc(CNC(=O)C2CCCC(N)C2)s1. The Bertz CT molecular complexity index is 598. The van der Waals surface area contributed by atoms with Gasteiger partial charge >= 0.3 is 0 Å². The lowest BCUT2D eigenvalue weighted by molar-refractivity contribution is -0.126. The molecule has 6 nitrogen and oxygen atoms in total. The first-order valence-electron chi connectivity index (χ1n) is 6.98. The minimum atomic E-state index is -3.40. The largest absolute Gasteiger partial charge is 0.351 e. The van der Waals surface area contributed by atoms with Crippen molar-refractivity contribution in [1.82, 2.24) is 10.0 Å². The molecule has 0 aliphatic heterocycles. The van der Waals surface area contributed by atoms with E-state index in [9.17, 15) is 13.2 Å². The number of rotatable bonds is 5.